The van der Waals surface area contributed by atoms with Crippen LogP contribution in [0.2, 0.25) is 0 Å². The van der Waals surface area contributed by atoms with E-state index in [0.29, 0.717) is 0 Å². The standard InChI is InChI=1S/C12H19FN2S/c1-15(2)8-7-11(14)9-16-12-5-3-10(13)4-6-12/h3-6,11H,7-9,14H2,1-2H3/t11-/m1/s1. The van der Waals surface area contributed by atoms with Gasteiger partial charge < -0.3 is 10.6 Å². The molecule has 0 heterocycles. The second kappa shape index (κ2) is 6.89. The van der Waals surface area contributed by atoms with E-state index in [-0.39, 0.29) is 11.9 Å². The van der Waals surface area contributed by atoms with E-state index in [1.807, 2.05) is 14.1 Å². The van der Waals surface area contributed by atoms with E-state index in [1.54, 1.807) is 23.9 Å². The Morgan fingerprint density at radius 3 is 2.50 bits per heavy atom. The molecule has 16 heavy (non-hydrogen) atoms. The third-order valence-electron chi connectivity index (χ3n) is 2.22. The van der Waals surface area contributed by atoms with Crippen molar-refractivity contribution >= 4 is 11.8 Å². The zero-order chi connectivity index (χ0) is 12.0. The Bertz CT molecular complexity index is 300. The molecule has 1 aromatic carbocycles. The van der Waals surface area contributed by atoms with Crippen molar-refractivity contribution < 1.29 is 4.39 Å². The molecule has 1 atom stereocenters. The molecule has 0 fully saturated rings. The Kier molecular flexibility index (Phi) is 5.80. The van der Waals surface area contributed by atoms with Crippen molar-refractivity contribution in [1.82, 2.24) is 4.90 Å². The molecule has 0 saturated carbocycles. The lowest BCUT2D eigenvalue weighted by Crippen LogP contribution is -2.28. The summed E-state index contributed by atoms with van der Waals surface area (Å²) in [5, 5.41) is 0. The summed E-state index contributed by atoms with van der Waals surface area (Å²) in [4.78, 5) is 3.20. The normalized spacial score (nSPS) is 13.1. The van der Waals surface area contributed by atoms with Gasteiger partial charge in [-0.15, -0.1) is 11.8 Å². The summed E-state index contributed by atoms with van der Waals surface area (Å²) >= 11 is 1.68. The zero-order valence-corrected chi connectivity index (χ0v) is 10.6. The first-order valence-corrected chi connectivity index (χ1v) is 6.35. The topological polar surface area (TPSA) is 29.3 Å². The maximum Gasteiger partial charge on any atom is 0.123 e. The fourth-order valence-corrected chi connectivity index (χ4v) is 2.14. The van der Waals surface area contributed by atoms with Crippen molar-refractivity contribution in [1.29, 1.82) is 0 Å². The summed E-state index contributed by atoms with van der Waals surface area (Å²) in [6.07, 6.45) is 0.987. The first-order valence-electron chi connectivity index (χ1n) is 5.36. The first-order chi connectivity index (χ1) is 7.58. The second-order valence-corrected chi connectivity index (χ2v) is 5.21. The zero-order valence-electron chi connectivity index (χ0n) is 9.82. The average molecular weight is 242 g/mol. The number of nitrogens with two attached hydrogens (primary N) is 1. The number of benzene rings is 1. The molecule has 0 aliphatic heterocycles. The third-order valence-corrected chi connectivity index (χ3v) is 3.43. The molecule has 0 unspecified atom stereocenters. The molecule has 0 radical (unpaired) electrons. The fourth-order valence-electron chi connectivity index (χ4n) is 1.24. The maximum atomic E-state index is 12.7. The maximum absolute atomic E-state index is 12.7. The van der Waals surface area contributed by atoms with Gasteiger partial charge in [0.2, 0.25) is 0 Å². The first kappa shape index (κ1) is 13.5. The van der Waals surface area contributed by atoms with Gasteiger partial charge >= 0.3 is 0 Å². The summed E-state index contributed by atoms with van der Waals surface area (Å²) < 4.78 is 12.7. The fraction of sp³-hybridized carbons (Fsp3) is 0.500. The summed E-state index contributed by atoms with van der Waals surface area (Å²) in [6.45, 7) is 1.01. The Morgan fingerprint density at radius 1 is 1.31 bits per heavy atom. The second-order valence-electron chi connectivity index (χ2n) is 4.12. The number of hydrogen-bond donors (Lipinski definition) is 1. The van der Waals surface area contributed by atoms with Crippen LogP contribution < -0.4 is 5.73 Å². The lowest BCUT2D eigenvalue weighted by Gasteiger charge is -2.14. The van der Waals surface area contributed by atoms with Crippen molar-refractivity contribution in [3.05, 3.63) is 30.1 Å². The van der Waals surface area contributed by atoms with Crippen LogP contribution in [0.4, 0.5) is 4.39 Å². The highest BCUT2D eigenvalue weighted by molar-refractivity contribution is 7.99. The van der Waals surface area contributed by atoms with Crippen molar-refractivity contribution in [2.24, 2.45) is 5.73 Å². The van der Waals surface area contributed by atoms with Gasteiger partial charge in [-0.1, -0.05) is 0 Å². The Balaban J connectivity index is 2.26. The monoisotopic (exact) mass is 242 g/mol. The molecule has 0 saturated heterocycles. The number of thioether (sulfide) groups is 1. The Hall–Kier alpha value is -0.580. The lowest BCUT2D eigenvalue weighted by molar-refractivity contribution is 0.387. The highest BCUT2D eigenvalue weighted by Crippen LogP contribution is 2.19. The number of nitrogens with zero attached hydrogens (tertiary/aromatic N) is 1. The van der Waals surface area contributed by atoms with Gasteiger partial charge in [-0.25, -0.2) is 4.39 Å². The van der Waals surface area contributed by atoms with E-state index in [1.165, 1.54) is 12.1 Å². The van der Waals surface area contributed by atoms with Gasteiger partial charge in [-0.05, 0) is 51.3 Å². The molecule has 2 nitrogen and oxygen atoms in total. The highest BCUT2D eigenvalue weighted by Gasteiger charge is 2.04. The number of halogens is 1. The van der Waals surface area contributed by atoms with Gasteiger partial charge in [0.05, 0.1) is 0 Å². The molecule has 0 aliphatic rings. The quantitative estimate of drug-likeness (QED) is 0.775. The van der Waals surface area contributed by atoms with Crippen molar-refractivity contribution in [3.8, 4) is 0 Å². The molecule has 0 bridgehead atoms. The summed E-state index contributed by atoms with van der Waals surface area (Å²) in [5.74, 6) is 0.681. The minimum atomic E-state index is -0.193. The highest BCUT2D eigenvalue weighted by atomic mass is 32.2. The molecule has 1 rings (SSSR count). The third kappa shape index (κ3) is 5.49. The van der Waals surface area contributed by atoms with E-state index in [4.69, 9.17) is 5.73 Å². The van der Waals surface area contributed by atoms with Crippen LogP contribution in [0.3, 0.4) is 0 Å². The van der Waals surface area contributed by atoms with E-state index >= 15 is 0 Å². The van der Waals surface area contributed by atoms with Gasteiger partial charge in [-0.3, -0.25) is 0 Å². The Labute approximate surface area is 101 Å². The van der Waals surface area contributed by atoms with Crippen molar-refractivity contribution in [2.75, 3.05) is 26.4 Å². The van der Waals surface area contributed by atoms with Gasteiger partial charge in [-0.2, -0.15) is 0 Å². The predicted molar refractivity (Wildman–Crippen MR) is 68.3 cm³/mol. The van der Waals surface area contributed by atoms with Crippen LogP contribution in [-0.2, 0) is 0 Å². The summed E-state index contributed by atoms with van der Waals surface area (Å²) in [6, 6.07) is 6.73. The molecular formula is C12H19FN2S. The van der Waals surface area contributed by atoms with Crippen LogP contribution in [0.25, 0.3) is 0 Å². The van der Waals surface area contributed by atoms with E-state index in [9.17, 15) is 4.39 Å². The minimum Gasteiger partial charge on any atom is -0.327 e. The number of rotatable bonds is 6. The van der Waals surface area contributed by atoms with Crippen molar-refractivity contribution in [2.45, 2.75) is 17.4 Å². The lowest BCUT2D eigenvalue weighted by atomic mass is 10.2. The van der Waals surface area contributed by atoms with E-state index < -0.39 is 0 Å². The van der Waals surface area contributed by atoms with Crippen LogP contribution in [0.15, 0.2) is 29.2 Å². The number of hydrogen-bond acceptors (Lipinski definition) is 3. The van der Waals surface area contributed by atoms with Gasteiger partial charge in [0.25, 0.3) is 0 Å². The van der Waals surface area contributed by atoms with Crippen LogP contribution in [0.5, 0.6) is 0 Å². The molecule has 90 valence electrons. The Morgan fingerprint density at radius 2 is 1.94 bits per heavy atom. The van der Waals surface area contributed by atoms with Crippen LogP contribution in [0, 0.1) is 5.82 Å². The summed E-state index contributed by atoms with van der Waals surface area (Å²) in [7, 11) is 4.08. The SMILES string of the molecule is CN(C)CC[C@@H](N)CSc1ccc(F)cc1. The van der Waals surface area contributed by atoms with E-state index in [0.717, 1.165) is 23.6 Å². The molecule has 1 aromatic rings. The minimum absolute atomic E-state index is 0.192. The van der Waals surface area contributed by atoms with Crippen LogP contribution >= 0.6 is 11.8 Å². The van der Waals surface area contributed by atoms with Gasteiger partial charge in [0, 0.05) is 16.7 Å². The molecule has 0 aliphatic carbocycles. The predicted octanol–water partition coefficient (Wildman–Crippen LogP) is 2.20. The largest absolute Gasteiger partial charge is 0.327 e. The summed E-state index contributed by atoms with van der Waals surface area (Å²) in [5.41, 5.74) is 5.98. The average Bonchev–Trinajstić information content (AvgIpc) is 2.25. The molecule has 0 aromatic heterocycles. The molecule has 0 amide bonds. The van der Waals surface area contributed by atoms with E-state index in [2.05, 4.69) is 4.90 Å². The molecule has 0 spiro atoms. The molecular weight excluding hydrogens is 223 g/mol. The van der Waals surface area contributed by atoms with Gasteiger partial charge in [0.1, 0.15) is 5.82 Å². The smallest absolute Gasteiger partial charge is 0.123 e. The van der Waals surface area contributed by atoms with Gasteiger partial charge in [0.15, 0.2) is 0 Å². The van der Waals surface area contributed by atoms with Crippen LogP contribution in [-0.4, -0.2) is 37.3 Å². The van der Waals surface area contributed by atoms with Crippen LogP contribution in [0.1, 0.15) is 6.42 Å². The molecule has 2 N–H and O–H groups in total. The van der Waals surface area contributed by atoms with Crippen molar-refractivity contribution in [3.63, 3.8) is 0 Å². The molecule has 4 heteroatoms.